The quantitative estimate of drug-likeness (QED) is 0.748. The van der Waals surface area contributed by atoms with Gasteiger partial charge in [0, 0.05) is 17.3 Å². The van der Waals surface area contributed by atoms with Gasteiger partial charge in [0.15, 0.2) is 0 Å². The number of hydrogen-bond acceptors (Lipinski definition) is 2. The second-order valence-electron chi connectivity index (χ2n) is 5.39. The van der Waals surface area contributed by atoms with Crippen LogP contribution in [0.2, 0.25) is 0 Å². The number of hydrogen-bond donors (Lipinski definition) is 2. The van der Waals surface area contributed by atoms with Crippen LogP contribution in [0.5, 0.6) is 0 Å². The van der Waals surface area contributed by atoms with Gasteiger partial charge in [-0.05, 0) is 11.6 Å². The van der Waals surface area contributed by atoms with Crippen LogP contribution < -0.4 is 5.32 Å². The fourth-order valence-electron chi connectivity index (χ4n) is 2.85. The zero-order valence-corrected chi connectivity index (χ0v) is 12.0. The molecule has 1 aromatic heterocycles. The van der Waals surface area contributed by atoms with Crippen LogP contribution in [0.15, 0.2) is 59.6 Å². The van der Waals surface area contributed by atoms with Crippen LogP contribution in [0.25, 0.3) is 10.9 Å². The second kappa shape index (κ2) is 5.15. The zero-order valence-electron chi connectivity index (χ0n) is 12.0. The van der Waals surface area contributed by atoms with Crippen molar-refractivity contribution in [1.29, 1.82) is 0 Å². The van der Waals surface area contributed by atoms with E-state index < -0.39 is 0 Å². The van der Waals surface area contributed by atoms with Gasteiger partial charge in [-0.25, -0.2) is 0 Å². The fourth-order valence-corrected chi connectivity index (χ4v) is 2.85. The molecule has 0 bridgehead atoms. The number of para-hydroxylation sites is 1. The van der Waals surface area contributed by atoms with E-state index in [1.54, 1.807) is 0 Å². The summed E-state index contributed by atoms with van der Waals surface area (Å²) in [4.78, 5) is 19.9. The molecule has 2 heterocycles. The Morgan fingerprint density at radius 2 is 1.77 bits per heavy atom. The van der Waals surface area contributed by atoms with Crippen molar-refractivity contribution in [2.75, 3.05) is 11.9 Å². The minimum absolute atomic E-state index is 0.0749. The number of benzene rings is 2. The number of H-pyrrole nitrogens is 1. The molecule has 0 fully saturated rings. The largest absolute Gasteiger partial charge is 0.352 e. The third-order valence-electron chi connectivity index (χ3n) is 3.89. The predicted molar refractivity (Wildman–Crippen MR) is 88.5 cm³/mol. The second-order valence-corrected chi connectivity index (χ2v) is 5.39. The minimum Gasteiger partial charge on any atom is -0.352 e. The Bertz CT molecular complexity index is 878. The van der Waals surface area contributed by atoms with E-state index in [1.165, 1.54) is 5.56 Å². The molecule has 0 aliphatic carbocycles. The number of aromatic amines is 1. The first-order chi connectivity index (χ1) is 10.8. The summed E-state index contributed by atoms with van der Waals surface area (Å²) >= 11 is 0. The van der Waals surface area contributed by atoms with Gasteiger partial charge in [-0.15, -0.1) is 0 Å². The van der Waals surface area contributed by atoms with Crippen LogP contribution in [0.4, 0.5) is 5.69 Å². The number of nitrogens with one attached hydrogen (secondary N) is 2. The van der Waals surface area contributed by atoms with Crippen molar-refractivity contribution in [3.63, 3.8) is 0 Å². The summed E-state index contributed by atoms with van der Waals surface area (Å²) in [6.45, 7) is 0.166. The number of carbonyl (C=O) groups excluding carboxylic acids is 1. The van der Waals surface area contributed by atoms with Gasteiger partial charge in [-0.2, -0.15) is 0 Å². The molecule has 0 saturated carbocycles. The molecule has 0 radical (unpaired) electrons. The average Bonchev–Trinajstić information content (AvgIpc) is 2.83. The summed E-state index contributed by atoms with van der Waals surface area (Å²) in [6, 6.07) is 18.2. The molecule has 2 N–H and O–H groups in total. The monoisotopic (exact) mass is 289 g/mol. The maximum Gasteiger partial charge on any atom is 0.246 e. The molecule has 0 saturated heterocycles. The van der Waals surface area contributed by atoms with E-state index in [9.17, 15) is 4.79 Å². The molecule has 4 nitrogen and oxygen atoms in total. The Labute approximate surface area is 127 Å². The van der Waals surface area contributed by atoms with Crippen molar-refractivity contribution >= 4 is 28.2 Å². The summed E-state index contributed by atoms with van der Waals surface area (Å²) < 4.78 is 0. The Morgan fingerprint density at radius 1 is 1.00 bits per heavy atom. The summed E-state index contributed by atoms with van der Waals surface area (Å²) in [5.41, 5.74) is 4.86. The number of aliphatic imine (C=N–C) groups is 1. The van der Waals surface area contributed by atoms with Crippen molar-refractivity contribution in [1.82, 2.24) is 4.98 Å². The highest BCUT2D eigenvalue weighted by molar-refractivity contribution is 6.17. The van der Waals surface area contributed by atoms with Gasteiger partial charge in [0.05, 0.1) is 17.1 Å². The smallest absolute Gasteiger partial charge is 0.246 e. The van der Waals surface area contributed by atoms with Gasteiger partial charge >= 0.3 is 0 Å². The van der Waals surface area contributed by atoms with Crippen LogP contribution in [0.3, 0.4) is 0 Å². The highest BCUT2D eigenvalue weighted by Gasteiger charge is 2.21. The molecular weight excluding hydrogens is 274 g/mol. The van der Waals surface area contributed by atoms with Crippen LogP contribution in [0.1, 0.15) is 11.3 Å². The number of amides is 1. The van der Waals surface area contributed by atoms with Crippen LogP contribution >= 0.6 is 0 Å². The first-order valence-corrected chi connectivity index (χ1v) is 7.29. The summed E-state index contributed by atoms with van der Waals surface area (Å²) in [5.74, 6) is -0.0749. The summed E-state index contributed by atoms with van der Waals surface area (Å²) in [5, 5.41) is 4.00. The Kier molecular flexibility index (Phi) is 3.00. The zero-order chi connectivity index (χ0) is 14.9. The number of nitrogens with zero attached hydrogens (tertiary/aromatic N) is 1. The van der Waals surface area contributed by atoms with E-state index in [2.05, 4.69) is 27.4 Å². The first kappa shape index (κ1) is 12.8. The van der Waals surface area contributed by atoms with Gasteiger partial charge in [-0.3, -0.25) is 9.79 Å². The Morgan fingerprint density at radius 3 is 2.64 bits per heavy atom. The molecule has 1 aliphatic heterocycles. The molecule has 2 aromatic carbocycles. The van der Waals surface area contributed by atoms with E-state index in [0.29, 0.717) is 6.42 Å². The third-order valence-corrected chi connectivity index (χ3v) is 3.89. The Balaban J connectivity index is 1.84. The highest BCUT2D eigenvalue weighted by Crippen LogP contribution is 2.30. The maximum atomic E-state index is 12.0. The molecule has 22 heavy (non-hydrogen) atoms. The highest BCUT2D eigenvalue weighted by atomic mass is 16.1. The molecule has 0 atom stereocenters. The normalized spacial score (nSPS) is 14.2. The molecule has 4 rings (SSSR count). The van der Waals surface area contributed by atoms with Gasteiger partial charge < -0.3 is 10.3 Å². The van der Waals surface area contributed by atoms with E-state index in [-0.39, 0.29) is 12.5 Å². The molecule has 4 heteroatoms. The van der Waals surface area contributed by atoms with Crippen LogP contribution in [0, 0.1) is 0 Å². The number of fused-ring (bicyclic) bond motifs is 3. The van der Waals surface area contributed by atoms with Crippen molar-refractivity contribution in [3.8, 4) is 0 Å². The fraction of sp³-hybridized carbons (Fsp3) is 0.111. The minimum atomic E-state index is -0.0749. The van der Waals surface area contributed by atoms with E-state index in [0.717, 1.165) is 28.0 Å². The van der Waals surface area contributed by atoms with E-state index >= 15 is 0 Å². The number of anilines is 1. The summed E-state index contributed by atoms with van der Waals surface area (Å²) in [7, 11) is 0. The lowest BCUT2D eigenvalue weighted by atomic mass is 10.1. The average molecular weight is 289 g/mol. The molecule has 0 unspecified atom stereocenters. The SMILES string of the molecule is O=C1CN=C(Cc2ccccc2)c2[nH]c3ccccc3c2N1. The van der Waals surface area contributed by atoms with E-state index in [1.807, 2.05) is 42.5 Å². The lowest BCUT2D eigenvalue weighted by Crippen LogP contribution is -2.13. The van der Waals surface area contributed by atoms with Crippen LogP contribution in [-0.4, -0.2) is 23.1 Å². The number of carbonyl (C=O) groups is 1. The van der Waals surface area contributed by atoms with E-state index in [4.69, 9.17) is 0 Å². The first-order valence-electron chi connectivity index (χ1n) is 7.29. The number of rotatable bonds is 2. The molecule has 0 spiro atoms. The molecule has 108 valence electrons. The van der Waals surface area contributed by atoms with Crippen molar-refractivity contribution in [2.24, 2.45) is 4.99 Å². The lowest BCUT2D eigenvalue weighted by Gasteiger charge is -2.05. The Hall–Kier alpha value is -2.88. The van der Waals surface area contributed by atoms with Crippen LogP contribution in [-0.2, 0) is 11.2 Å². The van der Waals surface area contributed by atoms with Crippen molar-refractivity contribution in [2.45, 2.75) is 6.42 Å². The third kappa shape index (κ3) is 2.19. The molecular formula is C18H15N3O. The number of aromatic nitrogens is 1. The van der Waals surface area contributed by atoms with Crippen molar-refractivity contribution < 1.29 is 4.79 Å². The van der Waals surface area contributed by atoms with Gasteiger partial charge in [0.25, 0.3) is 0 Å². The summed E-state index contributed by atoms with van der Waals surface area (Å²) in [6.07, 6.45) is 0.704. The predicted octanol–water partition coefficient (Wildman–Crippen LogP) is 3.15. The maximum absolute atomic E-state index is 12.0. The van der Waals surface area contributed by atoms with Gasteiger partial charge in [0.1, 0.15) is 6.54 Å². The molecule has 1 amide bonds. The molecule has 3 aromatic rings. The topological polar surface area (TPSA) is 57.2 Å². The van der Waals surface area contributed by atoms with Gasteiger partial charge in [0.2, 0.25) is 5.91 Å². The molecule has 1 aliphatic rings. The van der Waals surface area contributed by atoms with Gasteiger partial charge in [-0.1, -0.05) is 48.5 Å². The lowest BCUT2D eigenvalue weighted by molar-refractivity contribution is -0.114. The van der Waals surface area contributed by atoms with Crippen molar-refractivity contribution in [3.05, 3.63) is 65.9 Å². The standard InChI is InChI=1S/C18H15N3O/c22-16-11-19-15(10-12-6-2-1-3-7-12)18-17(21-16)13-8-4-5-9-14(13)20-18/h1-9,20H,10-11H2,(H,21,22).